The van der Waals surface area contributed by atoms with Gasteiger partial charge in [0.15, 0.2) is 0 Å². The molecule has 0 spiro atoms. The number of pyridine rings is 1. The van der Waals surface area contributed by atoms with Crippen LogP contribution in [-0.4, -0.2) is 90.2 Å². The molecule has 0 atom stereocenters. The first kappa shape index (κ1) is 29.6. The minimum Gasteiger partial charge on any atom is -0.395 e. The van der Waals surface area contributed by atoms with Crippen molar-refractivity contribution in [1.82, 2.24) is 25.3 Å². The van der Waals surface area contributed by atoms with E-state index in [1.807, 2.05) is 30.3 Å². The first-order valence-electron chi connectivity index (χ1n) is 12.9. The van der Waals surface area contributed by atoms with Crippen molar-refractivity contribution in [2.24, 2.45) is 5.73 Å². The van der Waals surface area contributed by atoms with E-state index in [-0.39, 0.29) is 12.5 Å². The predicted octanol–water partition coefficient (Wildman–Crippen LogP) is 0.659. The van der Waals surface area contributed by atoms with Crippen molar-refractivity contribution in [2.45, 2.75) is 13.0 Å². The number of anilines is 3. The smallest absolute Gasteiger partial charge is 0.251 e. The summed E-state index contributed by atoms with van der Waals surface area (Å²) in [5.74, 6) is 0.959. The molecule has 1 amide bonds. The van der Waals surface area contributed by atoms with Gasteiger partial charge in [0.1, 0.15) is 0 Å². The first-order valence-corrected chi connectivity index (χ1v) is 12.9. The quantitative estimate of drug-likeness (QED) is 0.117. The molecule has 7 N–H and O–H groups in total. The molecular formula is C26H37N9O4. The number of nitrogens with zero attached hydrogens (tertiary/aromatic N) is 4. The molecule has 39 heavy (non-hydrogen) atoms. The van der Waals surface area contributed by atoms with Gasteiger partial charge in [0.2, 0.25) is 17.8 Å². The highest BCUT2D eigenvalue weighted by molar-refractivity contribution is 5.94. The largest absolute Gasteiger partial charge is 0.395 e. The average Bonchev–Trinajstić information content (AvgIpc) is 2.97. The fraction of sp³-hybridized carbons (Fsp3) is 0.423. The van der Waals surface area contributed by atoms with E-state index in [1.54, 1.807) is 18.3 Å². The zero-order valence-corrected chi connectivity index (χ0v) is 21.9. The molecule has 0 radical (unpaired) electrons. The van der Waals surface area contributed by atoms with Crippen LogP contribution in [0.4, 0.5) is 17.8 Å². The topological polar surface area (TPSA) is 181 Å². The van der Waals surface area contributed by atoms with Crippen LogP contribution in [0.15, 0.2) is 48.7 Å². The summed E-state index contributed by atoms with van der Waals surface area (Å²) in [6.07, 6.45) is 2.47. The zero-order valence-electron chi connectivity index (χ0n) is 21.9. The number of nitrogens with one attached hydrogen (secondary N) is 4. The molecule has 13 nitrogen and oxygen atoms in total. The van der Waals surface area contributed by atoms with Crippen LogP contribution in [0.3, 0.4) is 0 Å². The maximum Gasteiger partial charge on any atom is 0.251 e. The van der Waals surface area contributed by atoms with Crippen LogP contribution in [0.5, 0.6) is 0 Å². The Balaban J connectivity index is 1.46. The molecule has 0 saturated carbocycles. The van der Waals surface area contributed by atoms with E-state index in [0.29, 0.717) is 89.0 Å². The van der Waals surface area contributed by atoms with Gasteiger partial charge >= 0.3 is 0 Å². The van der Waals surface area contributed by atoms with Gasteiger partial charge in [0, 0.05) is 56.6 Å². The number of aliphatic hydroxyl groups excluding tert-OH is 1. The maximum absolute atomic E-state index is 12.4. The van der Waals surface area contributed by atoms with Crippen molar-refractivity contribution in [3.05, 3.63) is 65.5 Å². The van der Waals surface area contributed by atoms with Crippen molar-refractivity contribution in [1.29, 1.82) is 0 Å². The minimum atomic E-state index is -0.170. The lowest BCUT2D eigenvalue weighted by Gasteiger charge is -2.11. The van der Waals surface area contributed by atoms with E-state index in [1.165, 1.54) is 0 Å². The normalized spacial score (nSPS) is 10.7. The lowest BCUT2D eigenvalue weighted by atomic mass is 10.1. The molecule has 2 aromatic heterocycles. The molecule has 1 aromatic carbocycles. The van der Waals surface area contributed by atoms with Gasteiger partial charge in [-0.1, -0.05) is 18.2 Å². The summed E-state index contributed by atoms with van der Waals surface area (Å²) in [4.78, 5) is 29.9. The lowest BCUT2D eigenvalue weighted by Crippen LogP contribution is -2.27. The van der Waals surface area contributed by atoms with Gasteiger partial charge in [0.05, 0.1) is 33.0 Å². The van der Waals surface area contributed by atoms with Gasteiger partial charge in [-0.3, -0.25) is 9.78 Å². The third-order valence-electron chi connectivity index (χ3n) is 5.25. The number of amides is 1. The van der Waals surface area contributed by atoms with E-state index in [0.717, 1.165) is 11.3 Å². The second-order valence-electron chi connectivity index (χ2n) is 8.27. The van der Waals surface area contributed by atoms with Gasteiger partial charge in [-0.05, 0) is 29.8 Å². The molecule has 0 aliphatic carbocycles. The molecule has 210 valence electrons. The second kappa shape index (κ2) is 17.6. The van der Waals surface area contributed by atoms with Gasteiger partial charge in [-0.25, -0.2) is 0 Å². The van der Waals surface area contributed by atoms with Crippen LogP contribution in [0.25, 0.3) is 0 Å². The molecular weight excluding hydrogens is 502 g/mol. The van der Waals surface area contributed by atoms with Gasteiger partial charge in [-0.2, -0.15) is 15.0 Å². The molecule has 2 heterocycles. The van der Waals surface area contributed by atoms with E-state index < -0.39 is 0 Å². The van der Waals surface area contributed by atoms with Crippen molar-refractivity contribution in [2.75, 3.05) is 75.2 Å². The molecule has 3 rings (SSSR count). The molecule has 0 fully saturated rings. The summed E-state index contributed by atoms with van der Waals surface area (Å²) in [6.45, 7) is 4.05. The standard InChI is InChI=1S/C26H37N9O4/c27-9-15-38-17-18-39-16-13-29-23(37)21-6-4-20(5-7-21)19-32-26-34-24(33-25(35-26)31-12-14-36)30-11-8-22-3-1-2-10-28-22/h1-7,10,36H,8-9,11-19,27H2,(H,29,37)(H3,30,31,32,33,34,35). The minimum absolute atomic E-state index is 0.0476. The van der Waals surface area contributed by atoms with Gasteiger partial charge < -0.3 is 41.6 Å². The van der Waals surface area contributed by atoms with Gasteiger partial charge in [-0.15, -0.1) is 0 Å². The SMILES string of the molecule is NCCOCCOCCNC(=O)c1ccc(CNc2nc(NCCO)nc(NCCc3ccccn3)n2)cc1. The fourth-order valence-electron chi connectivity index (χ4n) is 3.33. The van der Waals surface area contributed by atoms with Crippen LogP contribution in [0.1, 0.15) is 21.6 Å². The monoisotopic (exact) mass is 539 g/mol. The molecule has 3 aromatic rings. The number of ether oxygens (including phenoxy) is 2. The number of carbonyl (C=O) groups is 1. The van der Waals surface area contributed by atoms with Crippen LogP contribution >= 0.6 is 0 Å². The van der Waals surface area contributed by atoms with Crippen molar-refractivity contribution in [3.8, 4) is 0 Å². The number of nitrogens with two attached hydrogens (primary N) is 1. The summed E-state index contributed by atoms with van der Waals surface area (Å²) >= 11 is 0. The zero-order chi connectivity index (χ0) is 27.5. The number of benzene rings is 1. The Morgan fingerprint density at radius 3 is 2.18 bits per heavy atom. The van der Waals surface area contributed by atoms with E-state index >= 15 is 0 Å². The van der Waals surface area contributed by atoms with E-state index in [4.69, 9.17) is 20.3 Å². The first-order chi connectivity index (χ1) is 19.2. The third-order valence-corrected chi connectivity index (χ3v) is 5.25. The number of aromatic nitrogens is 4. The Hall–Kier alpha value is -3.91. The van der Waals surface area contributed by atoms with Crippen molar-refractivity contribution >= 4 is 23.8 Å². The molecule has 0 aliphatic heterocycles. The lowest BCUT2D eigenvalue weighted by molar-refractivity contribution is 0.0511. The van der Waals surface area contributed by atoms with E-state index in [9.17, 15) is 4.79 Å². The maximum atomic E-state index is 12.4. The summed E-state index contributed by atoms with van der Waals surface area (Å²) in [7, 11) is 0. The number of hydrogen-bond acceptors (Lipinski definition) is 12. The Kier molecular flexibility index (Phi) is 13.4. The van der Waals surface area contributed by atoms with Crippen LogP contribution in [0.2, 0.25) is 0 Å². The fourth-order valence-corrected chi connectivity index (χ4v) is 3.33. The van der Waals surface area contributed by atoms with E-state index in [2.05, 4.69) is 41.2 Å². The predicted molar refractivity (Wildman–Crippen MR) is 149 cm³/mol. The number of hydrogen-bond donors (Lipinski definition) is 6. The number of aliphatic hydroxyl groups is 1. The highest BCUT2D eigenvalue weighted by Crippen LogP contribution is 2.12. The molecule has 0 bridgehead atoms. The summed E-state index contributed by atoms with van der Waals surface area (Å²) in [6, 6.07) is 13.0. The van der Waals surface area contributed by atoms with Crippen LogP contribution in [-0.2, 0) is 22.4 Å². The highest BCUT2D eigenvalue weighted by atomic mass is 16.5. The second-order valence-corrected chi connectivity index (χ2v) is 8.27. The number of rotatable bonds is 19. The van der Waals surface area contributed by atoms with Crippen LogP contribution in [0, 0.1) is 0 Å². The van der Waals surface area contributed by atoms with Crippen molar-refractivity contribution in [3.63, 3.8) is 0 Å². The Bertz CT molecular complexity index is 1100. The summed E-state index contributed by atoms with van der Waals surface area (Å²) < 4.78 is 10.6. The summed E-state index contributed by atoms with van der Waals surface area (Å²) in [5, 5.41) is 21.3. The number of carbonyl (C=O) groups excluding carboxylic acids is 1. The molecule has 0 aliphatic rings. The van der Waals surface area contributed by atoms with Crippen molar-refractivity contribution < 1.29 is 19.4 Å². The third kappa shape index (κ3) is 11.6. The highest BCUT2D eigenvalue weighted by Gasteiger charge is 2.08. The molecule has 0 unspecified atom stereocenters. The van der Waals surface area contributed by atoms with Gasteiger partial charge in [0.25, 0.3) is 5.91 Å². The average molecular weight is 540 g/mol. The Morgan fingerprint density at radius 2 is 1.51 bits per heavy atom. The Morgan fingerprint density at radius 1 is 0.821 bits per heavy atom. The summed E-state index contributed by atoms with van der Waals surface area (Å²) in [5.41, 5.74) is 7.82. The van der Waals surface area contributed by atoms with Crippen LogP contribution < -0.4 is 27.0 Å². The Labute approximate surface area is 228 Å². The molecule has 0 saturated heterocycles. The molecule has 13 heteroatoms.